The van der Waals surface area contributed by atoms with Gasteiger partial charge in [0.05, 0.1) is 12.2 Å². The third-order valence-electron chi connectivity index (χ3n) is 5.29. The van der Waals surface area contributed by atoms with E-state index in [1.165, 1.54) is 0 Å². The quantitative estimate of drug-likeness (QED) is 0.806. The number of anilines is 1. The van der Waals surface area contributed by atoms with Crippen molar-refractivity contribution < 1.29 is 9.59 Å². The van der Waals surface area contributed by atoms with Crippen LogP contribution in [0.1, 0.15) is 18.5 Å². The Morgan fingerprint density at radius 3 is 2.26 bits per heavy atom. The predicted octanol–water partition coefficient (Wildman–Crippen LogP) is 1.22. The maximum atomic E-state index is 13.0. The standard InChI is InChI=1S/C20H23N5O2/c26-18(23-15-16-5-1-3-9-21-16)20(7-8-20)19(27)25-13-11-24(12-14-25)17-6-2-4-10-22-17/h1-6,9-10H,7-8,11-15H2,(H,23,26). The van der Waals surface area contributed by atoms with Crippen LogP contribution in [0.3, 0.4) is 0 Å². The van der Waals surface area contributed by atoms with Gasteiger partial charge in [0.1, 0.15) is 11.2 Å². The third-order valence-corrected chi connectivity index (χ3v) is 5.29. The average molecular weight is 365 g/mol. The molecule has 7 nitrogen and oxygen atoms in total. The van der Waals surface area contributed by atoms with Crippen molar-refractivity contribution in [1.82, 2.24) is 20.2 Å². The van der Waals surface area contributed by atoms with Gasteiger partial charge >= 0.3 is 0 Å². The zero-order valence-electron chi connectivity index (χ0n) is 15.2. The number of hydrogen-bond donors (Lipinski definition) is 1. The van der Waals surface area contributed by atoms with Gasteiger partial charge in [-0.05, 0) is 37.1 Å². The van der Waals surface area contributed by atoms with Crippen molar-refractivity contribution in [3.8, 4) is 0 Å². The first-order chi connectivity index (χ1) is 13.2. The van der Waals surface area contributed by atoms with Gasteiger partial charge in [-0.3, -0.25) is 14.6 Å². The van der Waals surface area contributed by atoms with E-state index in [0.717, 1.165) is 24.6 Å². The molecule has 0 unspecified atom stereocenters. The normalized spacial score (nSPS) is 18.1. The van der Waals surface area contributed by atoms with Gasteiger partial charge in [0.15, 0.2) is 0 Å². The number of carbonyl (C=O) groups is 2. The van der Waals surface area contributed by atoms with Crippen molar-refractivity contribution in [1.29, 1.82) is 0 Å². The Bertz CT molecular complexity index is 800. The summed E-state index contributed by atoms with van der Waals surface area (Å²) in [6.07, 6.45) is 4.72. The number of pyridine rings is 2. The minimum atomic E-state index is -0.873. The molecule has 1 aliphatic heterocycles. The van der Waals surface area contributed by atoms with Crippen LogP contribution in [-0.2, 0) is 16.1 Å². The van der Waals surface area contributed by atoms with Gasteiger partial charge in [-0.1, -0.05) is 12.1 Å². The Morgan fingerprint density at radius 1 is 0.963 bits per heavy atom. The highest BCUT2D eigenvalue weighted by Crippen LogP contribution is 2.47. The van der Waals surface area contributed by atoms with Gasteiger partial charge in [0.25, 0.3) is 0 Å². The van der Waals surface area contributed by atoms with Crippen molar-refractivity contribution in [3.63, 3.8) is 0 Å². The molecule has 1 N–H and O–H groups in total. The van der Waals surface area contributed by atoms with Crippen molar-refractivity contribution in [3.05, 3.63) is 54.5 Å². The first-order valence-electron chi connectivity index (χ1n) is 9.33. The fourth-order valence-corrected chi connectivity index (χ4v) is 3.49. The number of amides is 2. The zero-order chi connectivity index (χ0) is 18.7. The van der Waals surface area contributed by atoms with Gasteiger partial charge < -0.3 is 15.1 Å². The maximum absolute atomic E-state index is 13.0. The van der Waals surface area contributed by atoms with E-state index < -0.39 is 5.41 Å². The minimum Gasteiger partial charge on any atom is -0.353 e. The summed E-state index contributed by atoms with van der Waals surface area (Å²) in [4.78, 5) is 38.2. The molecule has 2 amide bonds. The molecule has 27 heavy (non-hydrogen) atoms. The second-order valence-corrected chi connectivity index (χ2v) is 7.05. The summed E-state index contributed by atoms with van der Waals surface area (Å²) in [6, 6.07) is 11.4. The molecule has 2 aromatic heterocycles. The van der Waals surface area contributed by atoms with Gasteiger partial charge in [-0.15, -0.1) is 0 Å². The second-order valence-electron chi connectivity index (χ2n) is 7.05. The lowest BCUT2D eigenvalue weighted by Gasteiger charge is -2.36. The van der Waals surface area contributed by atoms with Crippen LogP contribution in [0.15, 0.2) is 48.8 Å². The maximum Gasteiger partial charge on any atom is 0.238 e. The molecule has 0 spiro atoms. The van der Waals surface area contributed by atoms with E-state index in [9.17, 15) is 9.59 Å². The summed E-state index contributed by atoms with van der Waals surface area (Å²) in [5.41, 5.74) is -0.0832. The largest absolute Gasteiger partial charge is 0.353 e. The highest BCUT2D eigenvalue weighted by molar-refractivity contribution is 6.07. The lowest BCUT2D eigenvalue weighted by Crippen LogP contribution is -2.53. The monoisotopic (exact) mass is 365 g/mol. The smallest absolute Gasteiger partial charge is 0.238 e. The van der Waals surface area contributed by atoms with Gasteiger partial charge in [0.2, 0.25) is 11.8 Å². The Hall–Kier alpha value is -2.96. The van der Waals surface area contributed by atoms with Gasteiger partial charge in [0, 0.05) is 38.6 Å². The average Bonchev–Trinajstić information content (AvgIpc) is 3.55. The SMILES string of the molecule is O=C(NCc1ccccn1)C1(C(=O)N2CCN(c3ccccn3)CC2)CC1. The van der Waals surface area contributed by atoms with Crippen LogP contribution in [0.2, 0.25) is 0 Å². The van der Waals surface area contributed by atoms with Crippen LogP contribution < -0.4 is 10.2 Å². The number of hydrogen-bond acceptors (Lipinski definition) is 5. The number of piperazine rings is 1. The molecule has 2 fully saturated rings. The van der Waals surface area contributed by atoms with Gasteiger partial charge in [-0.25, -0.2) is 4.98 Å². The van der Waals surface area contributed by atoms with Crippen LogP contribution in [0.25, 0.3) is 0 Å². The third kappa shape index (κ3) is 3.63. The number of nitrogens with zero attached hydrogens (tertiary/aromatic N) is 4. The van der Waals surface area contributed by atoms with Crippen LogP contribution in [0.4, 0.5) is 5.82 Å². The number of nitrogens with one attached hydrogen (secondary N) is 1. The van der Waals surface area contributed by atoms with Crippen LogP contribution in [0.5, 0.6) is 0 Å². The fourth-order valence-electron chi connectivity index (χ4n) is 3.49. The summed E-state index contributed by atoms with van der Waals surface area (Å²) in [7, 11) is 0. The van der Waals surface area contributed by atoms with E-state index in [0.29, 0.717) is 32.5 Å². The van der Waals surface area contributed by atoms with Crippen LogP contribution in [-0.4, -0.2) is 52.9 Å². The van der Waals surface area contributed by atoms with Gasteiger partial charge in [-0.2, -0.15) is 0 Å². The predicted molar refractivity (Wildman–Crippen MR) is 101 cm³/mol. The molecule has 140 valence electrons. The molecule has 1 saturated heterocycles. The Labute approximate surface area is 158 Å². The van der Waals surface area contributed by atoms with Crippen molar-refractivity contribution in [2.24, 2.45) is 5.41 Å². The van der Waals surface area contributed by atoms with E-state index in [1.807, 2.05) is 41.3 Å². The molecule has 3 heterocycles. The van der Waals surface area contributed by atoms with E-state index in [4.69, 9.17) is 0 Å². The molecular weight excluding hydrogens is 342 g/mol. The second kappa shape index (κ2) is 7.34. The lowest BCUT2D eigenvalue weighted by molar-refractivity contribution is -0.144. The Kier molecular flexibility index (Phi) is 4.75. The molecule has 7 heteroatoms. The van der Waals surface area contributed by atoms with Crippen molar-refractivity contribution >= 4 is 17.6 Å². The Balaban J connectivity index is 1.33. The molecule has 0 bridgehead atoms. The van der Waals surface area contributed by atoms with Crippen molar-refractivity contribution in [2.75, 3.05) is 31.1 Å². The van der Waals surface area contributed by atoms with E-state index in [2.05, 4.69) is 20.2 Å². The summed E-state index contributed by atoms with van der Waals surface area (Å²) in [5.74, 6) is 0.714. The molecule has 1 saturated carbocycles. The van der Waals surface area contributed by atoms with E-state index in [-0.39, 0.29) is 11.8 Å². The highest BCUT2D eigenvalue weighted by atomic mass is 16.2. The molecular formula is C20H23N5O2. The molecule has 0 atom stereocenters. The molecule has 0 aromatic carbocycles. The van der Waals surface area contributed by atoms with Crippen molar-refractivity contribution in [2.45, 2.75) is 19.4 Å². The highest BCUT2D eigenvalue weighted by Gasteiger charge is 2.58. The molecule has 2 aliphatic rings. The first-order valence-corrected chi connectivity index (χ1v) is 9.33. The number of carbonyl (C=O) groups excluding carboxylic acids is 2. The van der Waals surface area contributed by atoms with E-state index in [1.54, 1.807) is 12.4 Å². The Morgan fingerprint density at radius 2 is 1.67 bits per heavy atom. The summed E-state index contributed by atoms with van der Waals surface area (Å²) < 4.78 is 0. The topological polar surface area (TPSA) is 78.4 Å². The zero-order valence-corrected chi connectivity index (χ0v) is 15.2. The molecule has 1 aliphatic carbocycles. The molecule has 4 rings (SSSR count). The molecule has 2 aromatic rings. The first kappa shape index (κ1) is 17.5. The summed E-state index contributed by atoms with van der Waals surface area (Å²) >= 11 is 0. The number of rotatable bonds is 5. The fraction of sp³-hybridized carbons (Fsp3) is 0.400. The van der Waals surface area contributed by atoms with E-state index >= 15 is 0 Å². The lowest BCUT2D eigenvalue weighted by atomic mass is 10.0. The summed E-state index contributed by atoms with van der Waals surface area (Å²) in [5, 5.41) is 2.89. The summed E-state index contributed by atoms with van der Waals surface area (Å²) in [6.45, 7) is 3.04. The van der Waals surface area contributed by atoms with Crippen LogP contribution >= 0.6 is 0 Å². The number of aromatic nitrogens is 2. The molecule has 0 radical (unpaired) electrons. The minimum absolute atomic E-state index is 0.0401. The van der Waals surface area contributed by atoms with Crippen LogP contribution in [0, 0.1) is 5.41 Å².